The lowest BCUT2D eigenvalue weighted by Crippen LogP contribution is -2.44. The maximum atomic E-state index is 12.3. The zero-order valence-electron chi connectivity index (χ0n) is 14.0. The maximum absolute atomic E-state index is 12.3. The number of aromatic nitrogens is 3. The second-order valence-electron chi connectivity index (χ2n) is 6.46. The van der Waals surface area contributed by atoms with Crippen molar-refractivity contribution in [3.8, 4) is 11.4 Å². The Morgan fingerprint density at radius 2 is 2.04 bits per heavy atom. The lowest BCUT2D eigenvalue weighted by molar-refractivity contribution is 0.0344. The maximum Gasteiger partial charge on any atom is 0.415 e. The summed E-state index contributed by atoms with van der Waals surface area (Å²) in [7, 11) is 0. The van der Waals surface area contributed by atoms with Crippen LogP contribution in [-0.2, 0) is 10.3 Å². The SMILES string of the molecule is CC1(C)OC(=O)N(CCO)c2cc3nc(-c4ccncc4)[nH]c3cc21. The number of fused-ring (bicyclic) bond motifs is 2. The van der Waals surface area contributed by atoms with Gasteiger partial charge in [-0.25, -0.2) is 9.78 Å². The number of rotatable bonds is 3. The molecule has 0 spiro atoms. The summed E-state index contributed by atoms with van der Waals surface area (Å²) in [5, 5.41) is 9.28. The zero-order valence-corrected chi connectivity index (χ0v) is 14.0. The standard InChI is InChI=1S/C18H18N4O3/c1-18(2)12-9-13-14(10-15(12)22(7-8-23)17(24)25-18)21-16(20-13)11-3-5-19-6-4-11/h3-6,9-10,23H,7-8H2,1-2H3,(H,20,21). The topological polar surface area (TPSA) is 91.3 Å². The molecule has 0 saturated carbocycles. The van der Waals surface area contributed by atoms with Crippen LogP contribution in [0.3, 0.4) is 0 Å². The summed E-state index contributed by atoms with van der Waals surface area (Å²) in [6.07, 6.45) is 2.97. The molecule has 0 saturated heterocycles. The number of aliphatic hydroxyl groups is 1. The van der Waals surface area contributed by atoms with E-state index in [1.807, 2.05) is 38.1 Å². The molecule has 128 valence electrons. The fourth-order valence-electron chi connectivity index (χ4n) is 3.14. The fourth-order valence-corrected chi connectivity index (χ4v) is 3.14. The molecular formula is C18H18N4O3. The van der Waals surface area contributed by atoms with Crippen molar-refractivity contribution in [2.24, 2.45) is 0 Å². The quantitative estimate of drug-likeness (QED) is 0.766. The molecule has 0 atom stereocenters. The number of imidazole rings is 1. The summed E-state index contributed by atoms with van der Waals surface area (Å²) >= 11 is 0. The van der Waals surface area contributed by atoms with Gasteiger partial charge in [0.25, 0.3) is 0 Å². The van der Waals surface area contributed by atoms with Gasteiger partial charge in [-0.1, -0.05) is 0 Å². The Morgan fingerprint density at radius 3 is 2.76 bits per heavy atom. The lowest BCUT2D eigenvalue weighted by Gasteiger charge is -2.38. The monoisotopic (exact) mass is 338 g/mol. The third-order valence-electron chi connectivity index (χ3n) is 4.38. The van der Waals surface area contributed by atoms with E-state index in [9.17, 15) is 9.90 Å². The molecule has 7 heteroatoms. The predicted molar refractivity (Wildman–Crippen MR) is 93.3 cm³/mol. The van der Waals surface area contributed by atoms with E-state index in [4.69, 9.17) is 4.74 Å². The number of amides is 1. The van der Waals surface area contributed by atoms with E-state index in [0.29, 0.717) is 0 Å². The summed E-state index contributed by atoms with van der Waals surface area (Å²) in [6, 6.07) is 7.58. The number of carbonyl (C=O) groups excluding carboxylic acids is 1. The van der Waals surface area contributed by atoms with Crippen LogP contribution in [0.25, 0.3) is 22.4 Å². The van der Waals surface area contributed by atoms with E-state index in [2.05, 4.69) is 15.0 Å². The van der Waals surface area contributed by atoms with Crippen LogP contribution >= 0.6 is 0 Å². The molecule has 25 heavy (non-hydrogen) atoms. The van der Waals surface area contributed by atoms with E-state index in [-0.39, 0.29) is 13.2 Å². The molecule has 2 aromatic heterocycles. The molecule has 3 aromatic rings. The van der Waals surface area contributed by atoms with Gasteiger partial charge in [-0.3, -0.25) is 9.88 Å². The van der Waals surface area contributed by atoms with Crippen molar-refractivity contribution >= 4 is 22.8 Å². The highest BCUT2D eigenvalue weighted by Gasteiger charge is 2.38. The molecule has 0 bridgehead atoms. The second kappa shape index (κ2) is 5.56. The number of β-amino-alcohol motifs (C(OH)–C–C–N with tert-alkyl or cyclic N) is 1. The molecule has 1 amide bonds. The van der Waals surface area contributed by atoms with Crippen molar-refractivity contribution in [2.45, 2.75) is 19.4 Å². The van der Waals surface area contributed by atoms with Crippen molar-refractivity contribution in [3.05, 3.63) is 42.2 Å². The fraction of sp³-hybridized carbons (Fsp3) is 0.278. The first-order valence-corrected chi connectivity index (χ1v) is 8.05. The van der Waals surface area contributed by atoms with E-state index in [1.165, 1.54) is 4.90 Å². The molecule has 0 radical (unpaired) electrons. The number of pyridine rings is 1. The minimum Gasteiger partial charge on any atom is -0.438 e. The van der Waals surface area contributed by atoms with Gasteiger partial charge in [0.1, 0.15) is 11.4 Å². The number of nitrogens with one attached hydrogen (secondary N) is 1. The van der Waals surface area contributed by atoms with Crippen molar-refractivity contribution < 1.29 is 14.6 Å². The predicted octanol–water partition coefficient (Wildman–Crippen LogP) is 2.81. The Balaban J connectivity index is 1.90. The summed E-state index contributed by atoms with van der Waals surface area (Å²) < 4.78 is 5.54. The molecule has 7 nitrogen and oxygen atoms in total. The highest BCUT2D eigenvalue weighted by molar-refractivity contribution is 5.95. The van der Waals surface area contributed by atoms with Gasteiger partial charge in [-0.2, -0.15) is 0 Å². The molecule has 1 aromatic carbocycles. The first-order valence-electron chi connectivity index (χ1n) is 8.05. The number of cyclic esters (lactones) is 1. The van der Waals surface area contributed by atoms with Crippen molar-refractivity contribution in [3.63, 3.8) is 0 Å². The average molecular weight is 338 g/mol. The zero-order chi connectivity index (χ0) is 17.6. The second-order valence-corrected chi connectivity index (χ2v) is 6.46. The van der Waals surface area contributed by atoms with Crippen LogP contribution in [0, 0.1) is 0 Å². The van der Waals surface area contributed by atoms with Crippen LogP contribution < -0.4 is 4.90 Å². The van der Waals surface area contributed by atoms with E-state index in [1.54, 1.807) is 12.4 Å². The first-order chi connectivity index (χ1) is 12.0. The third kappa shape index (κ3) is 2.53. The Labute approximate surface area is 144 Å². The Hall–Kier alpha value is -2.93. The normalized spacial score (nSPS) is 16.0. The average Bonchev–Trinajstić information content (AvgIpc) is 3.01. The van der Waals surface area contributed by atoms with Crippen LogP contribution in [0.5, 0.6) is 0 Å². The van der Waals surface area contributed by atoms with Crippen molar-refractivity contribution in [1.82, 2.24) is 15.0 Å². The van der Waals surface area contributed by atoms with Crippen LogP contribution in [0.4, 0.5) is 10.5 Å². The minimum absolute atomic E-state index is 0.143. The number of aromatic amines is 1. The van der Waals surface area contributed by atoms with Crippen LogP contribution in [-0.4, -0.2) is 39.3 Å². The Bertz CT molecular complexity index is 950. The Kier molecular flexibility index (Phi) is 3.47. The molecule has 1 aliphatic rings. The molecule has 0 aliphatic carbocycles. The number of H-pyrrole nitrogens is 1. The summed E-state index contributed by atoms with van der Waals surface area (Å²) in [5.74, 6) is 0.735. The van der Waals surface area contributed by atoms with Gasteiger partial charge in [-0.15, -0.1) is 0 Å². The number of nitrogens with zero attached hydrogens (tertiary/aromatic N) is 3. The van der Waals surface area contributed by atoms with Crippen molar-refractivity contribution in [1.29, 1.82) is 0 Å². The largest absolute Gasteiger partial charge is 0.438 e. The van der Waals surface area contributed by atoms with Gasteiger partial charge in [0.05, 0.1) is 29.9 Å². The summed E-state index contributed by atoms with van der Waals surface area (Å²) in [5.41, 5.74) is 3.38. The third-order valence-corrected chi connectivity index (χ3v) is 4.38. The van der Waals surface area contributed by atoms with Gasteiger partial charge < -0.3 is 14.8 Å². The van der Waals surface area contributed by atoms with Crippen molar-refractivity contribution in [2.75, 3.05) is 18.1 Å². The summed E-state index contributed by atoms with van der Waals surface area (Å²) in [6.45, 7) is 3.74. The van der Waals surface area contributed by atoms with E-state index < -0.39 is 11.7 Å². The minimum atomic E-state index is -0.755. The molecule has 4 rings (SSSR count). The number of hydrogen-bond donors (Lipinski definition) is 2. The highest BCUT2D eigenvalue weighted by Crippen LogP contribution is 2.40. The highest BCUT2D eigenvalue weighted by atomic mass is 16.6. The van der Waals surface area contributed by atoms with Crippen LogP contribution in [0.2, 0.25) is 0 Å². The Morgan fingerprint density at radius 1 is 1.28 bits per heavy atom. The summed E-state index contributed by atoms with van der Waals surface area (Å²) in [4.78, 5) is 25.7. The van der Waals surface area contributed by atoms with Crippen LogP contribution in [0.1, 0.15) is 19.4 Å². The number of anilines is 1. The van der Waals surface area contributed by atoms with Gasteiger partial charge in [0.2, 0.25) is 0 Å². The molecule has 0 unspecified atom stereocenters. The number of carbonyl (C=O) groups is 1. The number of benzene rings is 1. The number of ether oxygens (including phenoxy) is 1. The first kappa shape index (κ1) is 15.6. The molecule has 0 fully saturated rings. The van der Waals surface area contributed by atoms with Gasteiger partial charge in [0, 0.05) is 23.5 Å². The lowest BCUT2D eigenvalue weighted by atomic mass is 9.93. The molecular weight excluding hydrogens is 320 g/mol. The smallest absolute Gasteiger partial charge is 0.415 e. The molecule has 3 heterocycles. The molecule has 1 aliphatic heterocycles. The van der Waals surface area contributed by atoms with E-state index in [0.717, 1.165) is 33.7 Å². The molecule has 2 N–H and O–H groups in total. The van der Waals surface area contributed by atoms with Crippen LogP contribution in [0.15, 0.2) is 36.7 Å². The number of aliphatic hydroxyl groups excluding tert-OH is 1. The van der Waals surface area contributed by atoms with Gasteiger partial charge >= 0.3 is 6.09 Å². The van der Waals surface area contributed by atoms with E-state index >= 15 is 0 Å². The number of hydrogen-bond acceptors (Lipinski definition) is 5. The van der Waals surface area contributed by atoms with Gasteiger partial charge in [-0.05, 0) is 38.1 Å². The van der Waals surface area contributed by atoms with Gasteiger partial charge in [0.15, 0.2) is 0 Å².